The summed E-state index contributed by atoms with van der Waals surface area (Å²) in [7, 11) is 0. The number of aryl methyl sites for hydroxylation is 1. The molecule has 122 valence electrons. The molecule has 1 atom stereocenters. The fourth-order valence-electron chi connectivity index (χ4n) is 3.13. The largest absolute Gasteiger partial charge is 0.453 e. The fraction of sp³-hybridized carbons (Fsp3) is 0.471. The second kappa shape index (κ2) is 6.40. The summed E-state index contributed by atoms with van der Waals surface area (Å²) in [5, 5.41) is 0. The maximum absolute atomic E-state index is 12.5. The number of ether oxygens (including phenoxy) is 1. The van der Waals surface area contributed by atoms with E-state index in [9.17, 15) is 14.4 Å². The predicted molar refractivity (Wildman–Crippen MR) is 85.2 cm³/mol. The SMILES string of the molecule is CCn1c(=O)n(CC(=O)O[C@@H]2CCCCC2=O)c2ccccc21. The molecular formula is C17H20N2O4. The van der Waals surface area contributed by atoms with Gasteiger partial charge in [0, 0.05) is 13.0 Å². The second-order valence-electron chi connectivity index (χ2n) is 5.79. The minimum atomic E-state index is -0.647. The van der Waals surface area contributed by atoms with Gasteiger partial charge >= 0.3 is 11.7 Å². The number of hydrogen-bond donors (Lipinski definition) is 0. The van der Waals surface area contributed by atoms with E-state index in [4.69, 9.17) is 4.74 Å². The number of carbonyl (C=O) groups excluding carboxylic acids is 2. The number of imidazole rings is 1. The Morgan fingerprint density at radius 1 is 1.17 bits per heavy atom. The van der Waals surface area contributed by atoms with Gasteiger partial charge in [-0.05, 0) is 38.3 Å². The standard InChI is InChI=1S/C17H20N2O4/c1-2-18-12-7-3-4-8-13(12)19(17(18)22)11-16(21)23-15-10-6-5-9-14(15)20/h3-4,7-8,15H,2,5-6,9-11H2,1H3/t15-/m1/s1. The van der Waals surface area contributed by atoms with Gasteiger partial charge in [0.05, 0.1) is 11.0 Å². The zero-order chi connectivity index (χ0) is 16.4. The molecule has 1 aliphatic carbocycles. The third kappa shape index (κ3) is 2.93. The molecule has 2 aromatic rings. The molecule has 6 heteroatoms. The quantitative estimate of drug-likeness (QED) is 0.808. The number of aromatic nitrogens is 2. The van der Waals surface area contributed by atoms with Crippen LogP contribution in [0.15, 0.2) is 29.1 Å². The number of benzene rings is 1. The molecule has 0 N–H and O–H groups in total. The van der Waals surface area contributed by atoms with Gasteiger partial charge in [0.2, 0.25) is 0 Å². The third-order valence-corrected chi connectivity index (χ3v) is 4.30. The zero-order valence-corrected chi connectivity index (χ0v) is 13.2. The number of nitrogens with zero attached hydrogens (tertiary/aromatic N) is 2. The van der Waals surface area contributed by atoms with E-state index in [0.717, 1.165) is 18.4 Å². The lowest BCUT2D eigenvalue weighted by molar-refractivity contribution is -0.157. The van der Waals surface area contributed by atoms with E-state index < -0.39 is 12.1 Å². The Balaban J connectivity index is 1.84. The summed E-state index contributed by atoms with van der Waals surface area (Å²) in [6.07, 6.45) is 2.14. The van der Waals surface area contributed by atoms with Crippen molar-refractivity contribution in [2.75, 3.05) is 0 Å². The average Bonchev–Trinajstić information content (AvgIpc) is 2.81. The number of fused-ring (bicyclic) bond motifs is 1. The summed E-state index contributed by atoms with van der Waals surface area (Å²) in [5.74, 6) is -0.556. The highest BCUT2D eigenvalue weighted by Crippen LogP contribution is 2.18. The molecule has 0 unspecified atom stereocenters. The van der Waals surface area contributed by atoms with E-state index in [-0.39, 0.29) is 18.0 Å². The summed E-state index contributed by atoms with van der Waals surface area (Å²) in [6.45, 7) is 2.25. The van der Waals surface area contributed by atoms with Crippen molar-refractivity contribution in [1.82, 2.24) is 9.13 Å². The van der Waals surface area contributed by atoms with Crippen LogP contribution in [0, 0.1) is 0 Å². The van der Waals surface area contributed by atoms with Crippen LogP contribution >= 0.6 is 0 Å². The number of rotatable bonds is 4. The van der Waals surface area contributed by atoms with Crippen LogP contribution in [0.4, 0.5) is 0 Å². The van der Waals surface area contributed by atoms with Gasteiger partial charge in [-0.2, -0.15) is 0 Å². The lowest BCUT2D eigenvalue weighted by Gasteiger charge is -2.20. The molecule has 1 aromatic heterocycles. The van der Waals surface area contributed by atoms with Gasteiger partial charge in [0.15, 0.2) is 11.9 Å². The summed E-state index contributed by atoms with van der Waals surface area (Å²) in [4.78, 5) is 36.4. The molecule has 0 bridgehead atoms. The topological polar surface area (TPSA) is 70.3 Å². The first-order chi connectivity index (χ1) is 11.1. The molecule has 0 spiro atoms. The lowest BCUT2D eigenvalue weighted by Crippen LogP contribution is -2.33. The van der Waals surface area contributed by atoms with Crippen molar-refractivity contribution >= 4 is 22.8 Å². The van der Waals surface area contributed by atoms with Crippen molar-refractivity contribution < 1.29 is 14.3 Å². The lowest BCUT2D eigenvalue weighted by atomic mass is 9.96. The second-order valence-corrected chi connectivity index (χ2v) is 5.79. The van der Waals surface area contributed by atoms with Crippen LogP contribution in [0.1, 0.15) is 32.6 Å². The number of para-hydroxylation sites is 2. The van der Waals surface area contributed by atoms with Gasteiger partial charge in [0.25, 0.3) is 0 Å². The summed E-state index contributed by atoms with van der Waals surface area (Å²) < 4.78 is 8.33. The van der Waals surface area contributed by atoms with Crippen LogP contribution in [0.2, 0.25) is 0 Å². The van der Waals surface area contributed by atoms with Crippen LogP contribution < -0.4 is 5.69 Å². The van der Waals surface area contributed by atoms with Crippen molar-refractivity contribution in [2.24, 2.45) is 0 Å². The molecule has 1 heterocycles. The van der Waals surface area contributed by atoms with Crippen LogP contribution in [-0.2, 0) is 27.4 Å². The average molecular weight is 316 g/mol. The first-order valence-electron chi connectivity index (χ1n) is 8.02. The Morgan fingerprint density at radius 2 is 1.87 bits per heavy atom. The minimum absolute atomic E-state index is 0.0204. The van der Waals surface area contributed by atoms with E-state index in [1.54, 1.807) is 4.57 Å². The molecule has 1 fully saturated rings. The Bertz CT molecular complexity index is 803. The van der Waals surface area contributed by atoms with Gasteiger partial charge in [-0.3, -0.25) is 18.7 Å². The molecule has 3 rings (SSSR count). The predicted octanol–water partition coefficient (Wildman–Crippen LogP) is 1.88. The smallest absolute Gasteiger partial charge is 0.329 e. The van der Waals surface area contributed by atoms with Crippen LogP contribution in [0.5, 0.6) is 0 Å². The Labute approximate surface area is 133 Å². The molecule has 0 saturated heterocycles. The number of hydrogen-bond acceptors (Lipinski definition) is 4. The van der Waals surface area contributed by atoms with Crippen molar-refractivity contribution in [3.8, 4) is 0 Å². The molecule has 1 aliphatic rings. The number of ketones is 1. The summed E-state index contributed by atoms with van der Waals surface area (Å²) in [5.41, 5.74) is 1.26. The van der Waals surface area contributed by atoms with E-state index >= 15 is 0 Å². The monoisotopic (exact) mass is 316 g/mol. The summed E-state index contributed by atoms with van der Waals surface area (Å²) in [6, 6.07) is 7.35. The molecule has 1 saturated carbocycles. The first kappa shape index (κ1) is 15.5. The molecule has 0 radical (unpaired) electrons. The van der Waals surface area contributed by atoms with E-state index in [1.165, 1.54) is 4.57 Å². The van der Waals surface area contributed by atoms with Gasteiger partial charge in [0.1, 0.15) is 6.54 Å². The van der Waals surface area contributed by atoms with Crippen molar-refractivity contribution in [1.29, 1.82) is 0 Å². The number of esters is 1. The van der Waals surface area contributed by atoms with Crippen LogP contribution in [-0.4, -0.2) is 27.0 Å². The minimum Gasteiger partial charge on any atom is -0.453 e. The molecule has 0 aliphatic heterocycles. The van der Waals surface area contributed by atoms with Gasteiger partial charge < -0.3 is 4.74 Å². The highest BCUT2D eigenvalue weighted by molar-refractivity contribution is 5.86. The maximum Gasteiger partial charge on any atom is 0.329 e. The van der Waals surface area contributed by atoms with E-state index in [1.807, 2.05) is 31.2 Å². The fourth-order valence-corrected chi connectivity index (χ4v) is 3.13. The van der Waals surface area contributed by atoms with Gasteiger partial charge in [-0.15, -0.1) is 0 Å². The van der Waals surface area contributed by atoms with Crippen molar-refractivity contribution in [2.45, 2.75) is 51.8 Å². The highest BCUT2D eigenvalue weighted by atomic mass is 16.5. The maximum atomic E-state index is 12.5. The molecule has 23 heavy (non-hydrogen) atoms. The van der Waals surface area contributed by atoms with E-state index in [2.05, 4.69) is 0 Å². The van der Waals surface area contributed by atoms with E-state index in [0.29, 0.717) is 24.9 Å². The number of Topliss-reactive ketones (excluding diaryl/α,β-unsaturated/α-hetero) is 1. The highest BCUT2D eigenvalue weighted by Gasteiger charge is 2.26. The molecule has 6 nitrogen and oxygen atoms in total. The Kier molecular flexibility index (Phi) is 4.32. The van der Waals surface area contributed by atoms with Gasteiger partial charge in [-0.25, -0.2) is 4.79 Å². The Hall–Kier alpha value is -2.37. The first-order valence-corrected chi connectivity index (χ1v) is 8.02. The van der Waals surface area contributed by atoms with Crippen LogP contribution in [0.25, 0.3) is 11.0 Å². The molecular weight excluding hydrogens is 296 g/mol. The van der Waals surface area contributed by atoms with Crippen molar-refractivity contribution in [3.63, 3.8) is 0 Å². The Morgan fingerprint density at radius 3 is 2.52 bits per heavy atom. The molecule has 0 amide bonds. The van der Waals surface area contributed by atoms with Gasteiger partial charge in [-0.1, -0.05) is 12.1 Å². The normalized spacial score (nSPS) is 18.3. The third-order valence-electron chi connectivity index (χ3n) is 4.30. The number of carbonyl (C=O) groups is 2. The molecule has 1 aromatic carbocycles. The summed E-state index contributed by atoms with van der Waals surface area (Å²) >= 11 is 0. The van der Waals surface area contributed by atoms with Crippen molar-refractivity contribution in [3.05, 3.63) is 34.7 Å². The zero-order valence-electron chi connectivity index (χ0n) is 13.2. The van der Waals surface area contributed by atoms with Crippen LogP contribution in [0.3, 0.4) is 0 Å².